The topological polar surface area (TPSA) is 82.8 Å². The van der Waals surface area contributed by atoms with Gasteiger partial charge in [0, 0.05) is 27.2 Å². The highest BCUT2D eigenvalue weighted by Gasteiger charge is 2.42. The summed E-state index contributed by atoms with van der Waals surface area (Å²) >= 11 is 0. The fraction of sp³-hybridized carbons (Fsp3) is 0.630. The third kappa shape index (κ3) is 7.12. The van der Waals surface area contributed by atoms with Gasteiger partial charge in [0.05, 0.1) is 5.92 Å². The number of ether oxygens (including phenoxy) is 3. The number of aryl methyl sites for hydroxylation is 1. The molecular formula is C27H37F3N2O5. The van der Waals surface area contributed by atoms with E-state index >= 15 is 0 Å². The number of rotatable bonds is 13. The number of aromatic nitrogens is 2. The molecular weight excluding hydrogens is 489 g/mol. The number of aliphatic carboxylic acids is 1. The SMILES string of the molecule is CCCCc1nc(C(F)(F)F)c(C(OC)OC(C)OC)n1Cc1ccc(C(C(=O)O)C2CCCC2)cc1. The van der Waals surface area contributed by atoms with Crippen molar-refractivity contribution in [2.75, 3.05) is 14.2 Å². The minimum atomic E-state index is -4.71. The summed E-state index contributed by atoms with van der Waals surface area (Å²) in [5.74, 6) is -1.04. The first-order valence-corrected chi connectivity index (χ1v) is 12.8. The Balaban J connectivity index is 2.01. The monoisotopic (exact) mass is 526 g/mol. The molecule has 1 saturated carbocycles. The average molecular weight is 527 g/mol. The summed E-state index contributed by atoms with van der Waals surface area (Å²) in [5.41, 5.74) is 0.170. The van der Waals surface area contributed by atoms with Crippen LogP contribution < -0.4 is 0 Å². The van der Waals surface area contributed by atoms with Crippen LogP contribution >= 0.6 is 0 Å². The molecule has 0 bridgehead atoms. The maximum absolute atomic E-state index is 14.1. The van der Waals surface area contributed by atoms with Crippen LogP contribution in [0, 0.1) is 5.92 Å². The zero-order valence-electron chi connectivity index (χ0n) is 21.9. The molecule has 206 valence electrons. The second-order valence-electron chi connectivity index (χ2n) is 9.56. The molecule has 10 heteroatoms. The molecule has 1 aromatic heterocycles. The molecule has 7 nitrogen and oxygen atoms in total. The van der Waals surface area contributed by atoms with E-state index in [1.165, 1.54) is 18.8 Å². The van der Waals surface area contributed by atoms with Gasteiger partial charge in [-0.25, -0.2) is 4.98 Å². The quantitative estimate of drug-likeness (QED) is 0.308. The van der Waals surface area contributed by atoms with Crippen LogP contribution in [0.1, 0.15) is 92.9 Å². The summed E-state index contributed by atoms with van der Waals surface area (Å²) in [6.07, 6.45) is -1.22. The van der Waals surface area contributed by atoms with Crippen LogP contribution in [0.25, 0.3) is 0 Å². The Morgan fingerprint density at radius 1 is 1.16 bits per heavy atom. The lowest BCUT2D eigenvalue weighted by Crippen LogP contribution is -2.23. The van der Waals surface area contributed by atoms with Crippen molar-refractivity contribution in [3.8, 4) is 0 Å². The predicted octanol–water partition coefficient (Wildman–Crippen LogP) is 6.31. The molecule has 2 aromatic rings. The number of nitrogens with zero attached hydrogens (tertiary/aromatic N) is 2. The van der Waals surface area contributed by atoms with Gasteiger partial charge < -0.3 is 23.9 Å². The van der Waals surface area contributed by atoms with Gasteiger partial charge in [-0.1, -0.05) is 50.5 Å². The molecule has 37 heavy (non-hydrogen) atoms. The number of methoxy groups -OCH3 is 2. The van der Waals surface area contributed by atoms with E-state index in [0.717, 1.165) is 37.7 Å². The molecule has 3 atom stereocenters. The molecule has 1 fully saturated rings. The Labute approximate surface area is 215 Å². The molecule has 3 unspecified atom stereocenters. The molecule has 1 N–H and O–H groups in total. The summed E-state index contributed by atoms with van der Waals surface area (Å²) < 4.78 is 59.9. The molecule has 1 aliphatic carbocycles. The van der Waals surface area contributed by atoms with Crippen molar-refractivity contribution in [3.05, 3.63) is 52.6 Å². The molecule has 1 heterocycles. The number of hydrogen-bond acceptors (Lipinski definition) is 5. The Hall–Kier alpha value is -2.43. The highest BCUT2D eigenvalue weighted by Crippen LogP contribution is 2.39. The number of carbonyl (C=O) groups is 1. The Morgan fingerprint density at radius 3 is 2.32 bits per heavy atom. The maximum Gasteiger partial charge on any atom is 0.435 e. The van der Waals surface area contributed by atoms with Crippen molar-refractivity contribution in [1.29, 1.82) is 0 Å². The van der Waals surface area contributed by atoms with E-state index in [2.05, 4.69) is 4.98 Å². The number of alkyl halides is 3. The zero-order chi connectivity index (χ0) is 27.2. The lowest BCUT2D eigenvalue weighted by atomic mass is 9.84. The molecule has 0 aliphatic heterocycles. The van der Waals surface area contributed by atoms with E-state index < -0.39 is 36.3 Å². The Kier molecular flexibility index (Phi) is 10.1. The number of imidazole rings is 1. The van der Waals surface area contributed by atoms with Gasteiger partial charge >= 0.3 is 12.1 Å². The fourth-order valence-corrected chi connectivity index (χ4v) is 5.04. The highest BCUT2D eigenvalue weighted by molar-refractivity contribution is 5.76. The van der Waals surface area contributed by atoms with Gasteiger partial charge in [-0.15, -0.1) is 0 Å². The first-order valence-electron chi connectivity index (χ1n) is 12.8. The number of hydrogen-bond donors (Lipinski definition) is 1. The highest BCUT2D eigenvalue weighted by atomic mass is 19.4. The normalized spacial score (nSPS) is 17.2. The zero-order valence-corrected chi connectivity index (χ0v) is 21.9. The smallest absolute Gasteiger partial charge is 0.435 e. The fourth-order valence-electron chi connectivity index (χ4n) is 5.04. The van der Waals surface area contributed by atoms with Crippen LogP contribution in [0.5, 0.6) is 0 Å². The Morgan fingerprint density at radius 2 is 1.81 bits per heavy atom. The third-order valence-corrected chi connectivity index (χ3v) is 7.01. The molecule has 0 amide bonds. The van der Waals surface area contributed by atoms with Crippen LogP contribution in [0.2, 0.25) is 0 Å². The van der Waals surface area contributed by atoms with Gasteiger partial charge in [0.25, 0.3) is 0 Å². The second-order valence-corrected chi connectivity index (χ2v) is 9.56. The van der Waals surface area contributed by atoms with Gasteiger partial charge in [-0.3, -0.25) is 4.79 Å². The van der Waals surface area contributed by atoms with E-state index in [9.17, 15) is 23.1 Å². The molecule has 0 radical (unpaired) electrons. The minimum Gasteiger partial charge on any atom is -0.481 e. The van der Waals surface area contributed by atoms with Crippen molar-refractivity contribution in [2.24, 2.45) is 5.92 Å². The van der Waals surface area contributed by atoms with Gasteiger partial charge in [-0.05, 0) is 43.2 Å². The number of carboxylic acids is 1. The van der Waals surface area contributed by atoms with Crippen molar-refractivity contribution in [3.63, 3.8) is 0 Å². The van der Waals surface area contributed by atoms with E-state index in [0.29, 0.717) is 24.2 Å². The lowest BCUT2D eigenvalue weighted by Gasteiger charge is -2.24. The maximum atomic E-state index is 14.1. The van der Waals surface area contributed by atoms with Crippen LogP contribution in [0.3, 0.4) is 0 Å². The number of benzene rings is 1. The van der Waals surface area contributed by atoms with Crippen molar-refractivity contribution in [1.82, 2.24) is 9.55 Å². The van der Waals surface area contributed by atoms with Gasteiger partial charge in [0.2, 0.25) is 6.29 Å². The number of halogens is 3. The second kappa shape index (κ2) is 12.9. The largest absolute Gasteiger partial charge is 0.481 e. The summed E-state index contributed by atoms with van der Waals surface area (Å²) in [4.78, 5) is 16.0. The standard InChI is InChI=1S/C27H37F3N2O5/c1-5-6-11-21-31-24(27(28,29)30)23(26(36-4)37-17(2)35-3)32(21)16-18-12-14-20(15-13-18)22(25(33)34)19-9-7-8-10-19/h12-15,17,19,22,26H,5-11,16H2,1-4H3,(H,33,34). The molecule has 0 spiro atoms. The lowest BCUT2D eigenvalue weighted by molar-refractivity contribution is -0.231. The minimum absolute atomic E-state index is 0.0981. The van der Waals surface area contributed by atoms with E-state index in [4.69, 9.17) is 14.2 Å². The van der Waals surface area contributed by atoms with E-state index in [1.807, 2.05) is 6.92 Å². The average Bonchev–Trinajstić information content (AvgIpc) is 3.50. The molecule has 0 saturated heterocycles. The van der Waals surface area contributed by atoms with Gasteiger partial charge in [0.1, 0.15) is 11.5 Å². The summed E-state index contributed by atoms with van der Waals surface area (Å²) in [7, 11) is 2.67. The van der Waals surface area contributed by atoms with Crippen LogP contribution in [-0.4, -0.2) is 41.1 Å². The van der Waals surface area contributed by atoms with E-state index in [-0.39, 0.29) is 18.2 Å². The summed E-state index contributed by atoms with van der Waals surface area (Å²) in [6.45, 7) is 3.63. The molecule has 3 rings (SSSR count). The van der Waals surface area contributed by atoms with Gasteiger partial charge in [-0.2, -0.15) is 13.2 Å². The van der Waals surface area contributed by atoms with Crippen LogP contribution in [0.15, 0.2) is 24.3 Å². The van der Waals surface area contributed by atoms with Crippen molar-refractivity contribution >= 4 is 5.97 Å². The van der Waals surface area contributed by atoms with Crippen molar-refractivity contribution in [2.45, 2.75) is 90.0 Å². The van der Waals surface area contributed by atoms with Gasteiger partial charge in [0.15, 0.2) is 12.0 Å². The summed E-state index contributed by atoms with van der Waals surface area (Å²) in [6, 6.07) is 7.11. The number of unbranched alkanes of at least 4 members (excludes halogenated alkanes) is 1. The Bertz CT molecular complexity index is 1020. The molecule has 1 aromatic carbocycles. The van der Waals surface area contributed by atoms with E-state index in [1.54, 1.807) is 31.2 Å². The first-order chi connectivity index (χ1) is 17.6. The molecule has 1 aliphatic rings. The third-order valence-electron chi connectivity index (χ3n) is 7.01. The predicted molar refractivity (Wildman–Crippen MR) is 131 cm³/mol. The number of carboxylic acid groups (broad SMARTS) is 1. The van der Waals surface area contributed by atoms with Crippen LogP contribution in [0.4, 0.5) is 13.2 Å². The first kappa shape index (κ1) is 29.1. The van der Waals surface area contributed by atoms with Crippen LogP contribution in [-0.2, 0) is 38.1 Å². The summed E-state index contributed by atoms with van der Waals surface area (Å²) in [5, 5.41) is 9.85. The van der Waals surface area contributed by atoms with Crippen molar-refractivity contribution < 1.29 is 37.3 Å².